The maximum atomic E-state index is 11.8. The zero-order valence-electron chi connectivity index (χ0n) is 12.0. The van der Waals surface area contributed by atoms with Crippen LogP contribution in [0.15, 0.2) is 24.3 Å². The van der Waals surface area contributed by atoms with E-state index in [1.54, 1.807) is 11.8 Å². The van der Waals surface area contributed by atoms with Crippen molar-refractivity contribution in [1.29, 1.82) is 0 Å². The predicted molar refractivity (Wildman–Crippen MR) is 84.7 cm³/mol. The summed E-state index contributed by atoms with van der Waals surface area (Å²) in [6.07, 6.45) is 0. The Kier molecular flexibility index (Phi) is 6.95. The van der Waals surface area contributed by atoms with E-state index >= 15 is 0 Å². The number of carbonyl (C=O) groups excluding carboxylic acids is 1. The third-order valence-corrected chi connectivity index (χ3v) is 4.15. The second-order valence-corrected chi connectivity index (χ2v) is 6.21. The van der Waals surface area contributed by atoms with Gasteiger partial charge < -0.3 is 11.1 Å². The molecule has 4 heteroatoms. The molecule has 0 saturated carbocycles. The van der Waals surface area contributed by atoms with Gasteiger partial charge in [0.2, 0.25) is 5.91 Å². The van der Waals surface area contributed by atoms with E-state index in [4.69, 9.17) is 5.73 Å². The molecule has 0 aliphatic heterocycles. The fourth-order valence-electron chi connectivity index (χ4n) is 1.59. The molecule has 1 atom stereocenters. The number of carbonyl (C=O) groups is 1. The maximum absolute atomic E-state index is 11.8. The van der Waals surface area contributed by atoms with Crippen LogP contribution >= 0.6 is 11.8 Å². The van der Waals surface area contributed by atoms with Crippen molar-refractivity contribution in [3.8, 4) is 0 Å². The summed E-state index contributed by atoms with van der Waals surface area (Å²) in [5.74, 6) is 2.39. The van der Waals surface area contributed by atoms with Crippen molar-refractivity contribution < 1.29 is 4.79 Å². The average Bonchev–Trinajstić information content (AvgIpc) is 2.38. The topological polar surface area (TPSA) is 55.1 Å². The first-order valence-corrected chi connectivity index (χ1v) is 7.86. The van der Waals surface area contributed by atoms with Gasteiger partial charge in [-0.1, -0.05) is 32.9 Å². The van der Waals surface area contributed by atoms with Gasteiger partial charge in [-0.2, -0.15) is 11.8 Å². The van der Waals surface area contributed by atoms with Gasteiger partial charge in [0.15, 0.2) is 0 Å². The highest BCUT2D eigenvalue weighted by molar-refractivity contribution is 7.99. The normalized spacial score (nSPS) is 12.5. The van der Waals surface area contributed by atoms with E-state index in [-0.39, 0.29) is 5.91 Å². The molecule has 0 radical (unpaired) electrons. The minimum Gasteiger partial charge on any atom is -0.330 e. The zero-order valence-corrected chi connectivity index (χ0v) is 12.8. The minimum absolute atomic E-state index is 0.0510. The van der Waals surface area contributed by atoms with Crippen LogP contribution in [0.1, 0.15) is 32.3 Å². The van der Waals surface area contributed by atoms with Gasteiger partial charge in [0.25, 0.3) is 0 Å². The van der Waals surface area contributed by atoms with Crippen molar-refractivity contribution >= 4 is 23.4 Å². The molecule has 1 aromatic rings. The van der Waals surface area contributed by atoms with Crippen LogP contribution in [0, 0.1) is 5.92 Å². The van der Waals surface area contributed by atoms with Gasteiger partial charge in [-0.15, -0.1) is 0 Å². The fraction of sp³-hybridized carbons (Fsp3) is 0.533. The molecule has 1 rings (SSSR count). The number of hydrogen-bond donors (Lipinski definition) is 2. The second-order valence-electron chi connectivity index (χ2n) is 5.18. The van der Waals surface area contributed by atoms with E-state index in [1.165, 1.54) is 5.56 Å². The molecule has 0 spiro atoms. The van der Waals surface area contributed by atoms with Crippen LogP contribution in [-0.4, -0.2) is 24.0 Å². The number of thioether (sulfide) groups is 1. The van der Waals surface area contributed by atoms with E-state index in [1.807, 2.05) is 18.2 Å². The summed E-state index contributed by atoms with van der Waals surface area (Å²) in [6.45, 7) is 7.05. The van der Waals surface area contributed by atoms with Crippen LogP contribution in [0.3, 0.4) is 0 Å². The Morgan fingerprint density at radius 1 is 1.37 bits per heavy atom. The largest absolute Gasteiger partial charge is 0.330 e. The molecular formula is C15H24N2OS. The lowest BCUT2D eigenvalue weighted by atomic mass is 10.0. The average molecular weight is 280 g/mol. The van der Waals surface area contributed by atoms with Crippen molar-refractivity contribution in [3.63, 3.8) is 0 Å². The molecule has 0 aromatic heterocycles. The lowest BCUT2D eigenvalue weighted by Crippen LogP contribution is -2.17. The molecule has 0 aliphatic rings. The Bertz CT molecular complexity index is 407. The van der Waals surface area contributed by atoms with E-state index < -0.39 is 0 Å². The highest BCUT2D eigenvalue weighted by Gasteiger charge is 2.06. The smallest absolute Gasteiger partial charge is 0.234 e. The van der Waals surface area contributed by atoms with Crippen molar-refractivity contribution in [2.45, 2.75) is 26.7 Å². The van der Waals surface area contributed by atoms with E-state index in [2.05, 4.69) is 32.2 Å². The molecule has 1 aromatic carbocycles. The fourth-order valence-corrected chi connectivity index (χ4v) is 2.51. The first-order valence-electron chi connectivity index (χ1n) is 6.70. The van der Waals surface area contributed by atoms with Crippen LogP contribution in [-0.2, 0) is 4.79 Å². The minimum atomic E-state index is 0.0510. The van der Waals surface area contributed by atoms with Crippen molar-refractivity contribution in [2.24, 2.45) is 11.7 Å². The summed E-state index contributed by atoms with van der Waals surface area (Å²) in [4.78, 5) is 11.8. The predicted octanol–water partition coefficient (Wildman–Crippen LogP) is 3.08. The Labute approximate surface area is 120 Å². The highest BCUT2D eigenvalue weighted by atomic mass is 32.2. The van der Waals surface area contributed by atoms with Gasteiger partial charge in [0.1, 0.15) is 0 Å². The summed E-state index contributed by atoms with van der Waals surface area (Å²) in [7, 11) is 0. The van der Waals surface area contributed by atoms with E-state index in [0.717, 1.165) is 11.4 Å². The number of benzene rings is 1. The lowest BCUT2D eigenvalue weighted by molar-refractivity contribution is -0.113. The van der Waals surface area contributed by atoms with E-state index in [9.17, 15) is 4.79 Å². The number of amides is 1. The summed E-state index contributed by atoms with van der Waals surface area (Å²) in [6, 6.07) is 8.03. The van der Waals surface area contributed by atoms with Crippen molar-refractivity contribution in [2.75, 3.05) is 23.4 Å². The number of nitrogens with two attached hydrogens (primary N) is 1. The van der Waals surface area contributed by atoms with Crippen LogP contribution in [0.25, 0.3) is 0 Å². The molecule has 106 valence electrons. The van der Waals surface area contributed by atoms with Crippen molar-refractivity contribution in [1.82, 2.24) is 0 Å². The molecule has 0 saturated heterocycles. The zero-order chi connectivity index (χ0) is 14.3. The maximum Gasteiger partial charge on any atom is 0.234 e. The lowest BCUT2D eigenvalue weighted by Gasteiger charge is -2.10. The summed E-state index contributed by atoms with van der Waals surface area (Å²) >= 11 is 1.63. The number of nitrogens with one attached hydrogen (secondary N) is 1. The molecule has 1 unspecified atom stereocenters. The molecule has 1 amide bonds. The Balaban J connectivity index is 2.42. The summed E-state index contributed by atoms with van der Waals surface area (Å²) < 4.78 is 0. The van der Waals surface area contributed by atoms with Gasteiger partial charge in [-0.3, -0.25) is 4.79 Å². The van der Waals surface area contributed by atoms with Gasteiger partial charge in [0.05, 0.1) is 5.75 Å². The Morgan fingerprint density at radius 2 is 2.11 bits per heavy atom. The van der Waals surface area contributed by atoms with Gasteiger partial charge in [-0.05, 0) is 41.8 Å². The van der Waals surface area contributed by atoms with Gasteiger partial charge >= 0.3 is 0 Å². The van der Waals surface area contributed by atoms with Crippen molar-refractivity contribution in [3.05, 3.63) is 29.8 Å². The molecule has 0 aliphatic carbocycles. The first kappa shape index (κ1) is 16.1. The monoisotopic (exact) mass is 280 g/mol. The molecule has 0 bridgehead atoms. The Morgan fingerprint density at radius 3 is 2.74 bits per heavy atom. The molecule has 0 heterocycles. The number of hydrogen-bond acceptors (Lipinski definition) is 3. The third-order valence-electron chi connectivity index (χ3n) is 2.87. The molecule has 3 N–H and O–H groups in total. The van der Waals surface area contributed by atoms with Gasteiger partial charge in [-0.25, -0.2) is 0 Å². The SMILES string of the molecule is CC(CN)CSCC(=O)Nc1cccc(C(C)C)c1. The summed E-state index contributed by atoms with van der Waals surface area (Å²) in [5.41, 5.74) is 7.66. The molecule has 19 heavy (non-hydrogen) atoms. The van der Waals surface area contributed by atoms with Crippen LogP contribution in [0.4, 0.5) is 5.69 Å². The third kappa shape index (κ3) is 6.12. The summed E-state index contributed by atoms with van der Waals surface area (Å²) in [5, 5.41) is 2.94. The molecular weight excluding hydrogens is 256 g/mol. The number of rotatable bonds is 7. The van der Waals surface area contributed by atoms with Crippen LogP contribution in [0.2, 0.25) is 0 Å². The van der Waals surface area contributed by atoms with Gasteiger partial charge in [0, 0.05) is 5.69 Å². The van der Waals surface area contributed by atoms with Crippen LogP contribution < -0.4 is 11.1 Å². The van der Waals surface area contributed by atoms with Crippen LogP contribution in [0.5, 0.6) is 0 Å². The number of anilines is 1. The highest BCUT2D eigenvalue weighted by Crippen LogP contribution is 2.18. The Hall–Kier alpha value is -1.00. The molecule has 0 fully saturated rings. The van der Waals surface area contributed by atoms with E-state index in [0.29, 0.717) is 24.1 Å². The quantitative estimate of drug-likeness (QED) is 0.807. The molecule has 3 nitrogen and oxygen atoms in total. The second kappa shape index (κ2) is 8.23. The first-order chi connectivity index (χ1) is 9.02. The standard InChI is InChI=1S/C15H24N2OS/c1-11(2)13-5-4-6-14(7-13)17-15(18)10-19-9-12(3)8-16/h4-7,11-12H,8-10,16H2,1-3H3,(H,17,18).